The summed E-state index contributed by atoms with van der Waals surface area (Å²) in [4.78, 5) is 0.803. The molecule has 0 spiro atoms. The van der Waals surface area contributed by atoms with Crippen LogP contribution in [0.2, 0.25) is 5.02 Å². The van der Waals surface area contributed by atoms with Crippen molar-refractivity contribution < 1.29 is 0 Å². The van der Waals surface area contributed by atoms with Crippen LogP contribution in [0.25, 0.3) is 21.2 Å². The zero-order valence-corrected chi connectivity index (χ0v) is 15.9. The van der Waals surface area contributed by atoms with Crippen molar-refractivity contribution in [3.05, 3.63) is 46.5 Å². The molecule has 0 unspecified atom stereocenters. The van der Waals surface area contributed by atoms with E-state index in [9.17, 15) is 0 Å². The quantitative estimate of drug-likeness (QED) is 0.533. The predicted molar refractivity (Wildman–Crippen MR) is 99.8 cm³/mol. The van der Waals surface area contributed by atoms with E-state index in [4.69, 9.17) is 21.8 Å². The molecule has 0 saturated carbocycles. The first-order valence-electron chi connectivity index (χ1n) is 8.00. The van der Waals surface area contributed by atoms with Crippen molar-refractivity contribution in [3.63, 3.8) is 0 Å². The Hall–Kier alpha value is -2.25. The minimum atomic E-state index is 0.268. The molecule has 128 valence electrons. The minimum absolute atomic E-state index is 0.268. The molecular weight excluding hydrogens is 356 g/mol. The van der Waals surface area contributed by atoms with Crippen LogP contribution in [0.4, 0.5) is 0 Å². The van der Waals surface area contributed by atoms with Gasteiger partial charge >= 0.3 is 0 Å². The number of nitrogens with zero attached hydrogens (tertiary/aromatic N) is 6. The third-order valence-corrected chi connectivity index (χ3v) is 5.28. The lowest BCUT2D eigenvalue weighted by Gasteiger charge is -2.04. The molecule has 0 atom stereocenters. The Morgan fingerprint density at radius 1 is 1.04 bits per heavy atom. The molecule has 0 amide bonds. The summed E-state index contributed by atoms with van der Waals surface area (Å²) in [6, 6.07) is 7.65. The summed E-state index contributed by atoms with van der Waals surface area (Å²) in [7, 11) is 0. The van der Waals surface area contributed by atoms with Crippen LogP contribution >= 0.6 is 22.9 Å². The summed E-state index contributed by atoms with van der Waals surface area (Å²) < 4.78 is 3.76. The SMILES string of the molecule is Cc1nn(-c2ccc(Cl)cc2)c(C)c1-c1nn2c(C(C)C)nnc2s1. The van der Waals surface area contributed by atoms with Crippen LogP contribution in [0.5, 0.6) is 0 Å². The average Bonchev–Trinajstić information content (AvgIpc) is 3.20. The van der Waals surface area contributed by atoms with Gasteiger partial charge in [-0.3, -0.25) is 0 Å². The topological polar surface area (TPSA) is 60.9 Å². The molecule has 0 radical (unpaired) electrons. The fourth-order valence-corrected chi connectivity index (χ4v) is 4.00. The number of benzene rings is 1. The lowest BCUT2D eigenvalue weighted by atomic mass is 10.2. The van der Waals surface area contributed by atoms with E-state index in [1.807, 2.05) is 40.4 Å². The highest BCUT2D eigenvalue weighted by atomic mass is 35.5. The number of hydrogen-bond acceptors (Lipinski definition) is 5. The van der Waals surface area contributed by atoms with Crippen molar-refractivity contribution in [2.24, 2.45) is 0 Å². The highest BCUT2D eigenvalue weighted by Crippen LogP contribution is 2.32. The molecule has 8 heteroatoms. The van der Waals surface area contributed by atoms with Crippen molar-refractivity contribution in [3.8, 4) is 16.3 Å². The highest BCUT2D eigenvalue weighted by Gasteiger charge is 2.21. The van der Waals surface area contributed by atoms with Crippen LogP contribution in [0.1, 0.15) is 37.0 Å². The normalized spacial score (nSPS) is 11.8. The molecule has 4 rings (SSSR count). The van der Waals surface area contributed by atoms with E-state index >= 15 is 0 Å². The number of hydrogen-bond donors (Lipinski definition) is 0. The van der Waals surface area contributed by atoms with Crippen molar-refractivity contribution in [1.29, 1.82) is 0 Å². The molecule has 6 nitrogen and oxygen atoms in total. The molecule has 3 aromatic heterocycles. The summed E-state index contributed by atoms with van der Waals surface area (Å²) in [5.41, 5.74) is 3.99. The Morgan fingerprint density at radius 2 is 1.76 bits per heavy atom. The van der Waals surface area contributed by atoms with Crippen LogP contribution in [0, 0.1) is 13.8 Å². The molecule has 1 aromatic carbocycles. The molecule has 0 saturated heterocycles. The van der Waals surface area contributed by atoms with Crippen LogP contribution in [0.3, 0.4) is 0 Å². The van der Waals surface area contributed by atoms with E-state index in [1.165, 1.54) is 11.3 Å². The molecule has 0 N–H and O–H groups in total. The maximum Gasteiger partial charge on any atom is 0.234 e. The van der Waals surface area contributed by atoms with E-state index in [0.717, 1.165) is 38.4 Å². The number of fused-ring (bicyclic) bond motifs is 1. The summed E-state index contributed by atoms with van der Waals surface area (Å²) in [6.45, 7) is 8.23. The zero-order valence-electron chi connectivity index (χ0n) is 14.4. The largest absolute Gasteiger partial charge is 0.237 e. The first-order chi connectivity index (χ1) is 12.0. The van der Waals surface area contributed by atoms with Crippen LogP contribution in [-0.4, -0.2) is 29.6 Å². The fraction of sp³-hybridized carbons (Fsp3) is 0.294. The van der Waals surface area contributed by atoms with E-state index in [-0.39, 0.29) is 5.92 Å². The van der Waals surface area contributed by atoms with Gasteiger partial charge in [-0.25, -0.2) is 4.68 Å². The number of aromatic nitrogens is 6. The summed E-state index contributed by atoms with van der Waals surface area (Å²) in [5, 5.41) is 19.5. The molecule has 25 heavy (non-hydrogen) atoms. The Labute approximate surface area is 154 Å². The second kappa shape index (κ2) is 5.93. The second-order valence-electron chi connectivity index (χ2n) is 6.25. The Bertz CT molecular complexity index is 1060. The smallest absolute Gasteiger partial charge is 0.234 e. The highest BCUT2D eigenvalue weighted by molar-refractivity contribution is 7.19. The average molecular weight is 373 g/mol. The number of aryl methyl sites for hydroxylation is 1. The van der Waals surface area contributed by atoms with Gasteiger partial charge in [-0.05, 0) is 38.1 Å². The lowest BCUT2D eigenvalue weighted by Crippen LogP contribution is -1.99. The number of rotatable bonds is 3. The Balaban J connectivity index is 1.85. The van der Waals surface area contributed by atoms with Gasteiger partial charge in [0.05, 0.1) is 22.6 Å². The lowest BCUT2D eigenvalue weighted by molar-refractivity contribution is 0.726. The van der Waals surface area contributed by atoms with Crippen LogP contribution in [0.15, 0.2) is 24.3 Å². The van der Waals surface area contributed by atoms with Crippen LogP contribution < -0.4 is 0 Å². The molecule has 4 aromatic rings. The molecule has 0 aliphatic rings. The molecule has 0 aliphatic heterocycles. The third kappa shape index (κ3) is 2.63. The van der Waals surface area contributed by atoms with Gasteiger partial charge in [0.1, 0.15) is 0 Å². The molecule has 3 heterocycles. The standard InChI is InChI=1S/C17H17ClN6S/c1-9(2)15-19-20-17-24(15)22-16(25-17)14-10(3)21-23(11(14)4)13-7-5-12(18)6-8-13/h5-9H,1-4H3. The van der Waals surface area contributed by atoms with Crippen molar-refractivity contribution in [1.82, 2.24) is 29.6 Å². The van der Waals surface area contributed by atoms with Gasteiger partial charge in [0, 0.05) is 10.9 Å². The van der Waals surface area contributed by atoms with Gasteiger partial charge < -0.3 is 0 Å². The maximum absolute atomic E-state index is 5.99. The van der Waals surface area contributed by atoms with Crippen molar-refractivity contribution in [2.45, 2.75) is 33.6 Å². The van der Waals surface area contributed by atoms with Crippen molar-refractivity contribution in [2.75, 3.05) is 0 Å². The third-order valence-electron chi connectivity index (χ3n) is 4.11. The fourth-order valence-electron chi connectivity index (χ4n) is 2.88. The molecule has 0 bridgehead atoms. The summed E-state index contributed by atoms with van der Waals surface area (Å²) in [6.07, 6.45) is 0. The van der Waals surface area contributed by atoms with Gasteiger partial charge in [-0.1, -0.05) is 36.8 Å². The van der Waals surface area contributed by atoms with Gasteiger partial charge in [0.2, 0.25) is 4.96 Å². The number of halogens is 1. The Morgan fingerprint density at radius 3 is 2.44 bits per heavy atom. The van der Waals surface area contributed by atoms with E-state index in [0.29, 0.717) is 5.02 Å². The van der Waals surface area contributed by atoms with E-state index in [1.54, 1.807) is 0 Å². The first-order valence-corrected chi connectivity index (χ1v) is 9.20. The molecule has 0 fully saturated rings. The monoisotopic (exact) mass is 372 g/mol. The van der Waals surface area contributed by atoms with Gasteiger partial charge in [-0.2, -0.15) is 14.7 Å². The maximum atomic E-state index is 5.99. The predicted octanol–water partition coefficient (Wildman–Crippen LogP) is 4.43. The molecular formula is C17H17ClN6S. The van der Waals surface area contributed by atoms with Gasteiger partial charge in [0.25, 0.3) is 0 Å². The summed E-state index contributed by atoms with van der Waals surface area (Å²) in [5.74, 6) is 1.14. The molecule has 0 aliphatic carbocycles. The second-order valence-corrected chi connectivity index (χ2v) is 7.64. The first kappa shape index (κ1) is 16.2. The Kier molecular flexibility index (Phi) is 3.85. The van der Waals surface area contributed by atoms with E-state index < -0.39 is 0 Å². The minimum Gasteiger partial charge on any atom is -0.237 e. The van der Waals surface area contributed by atoms with Crippen molar-refractivity contribution >= 4 is 27.9 Å². The van der Waals surface area contributed by atoms with Gasteiger partial charge in [-0.15, -0.1) is 10.2 Å². The van der Waals surface area contributed by atoms with Gasteiger partial charge in [0.15, 0.2) is 10.8 Å². The summed E-state index contributed by atoms with van der Waals surface area (Å²) >= 11 is 7.52. The van der Waals surface area contributed by atoms with Crippen LogP contribution in [-0.2, 0) is 0 Å². The zero-order chi connectivity index (χ0) is 17.7. The van der Waals surface area contributed by atoms with E-state index in [2.05, 4.69) is 31.0 Å².